The smallest absolute Gasteiger partial charge is 0.138 e. The van der Waals surface area contributed by atoms with E-state index in [0.717, 1.165) is 29.8 Å². The highest BCUT2D eigenvalue weighted by Crippen LogP contribution is 2.31. The molecule has 3 nitrogen and oxygen atoms in total. The molecule has 0 radical (unpaired) electrons. The van der Waals surface area contributed by atoms with Crippen molar-refractivity contribution < 1.29 is 0 Å². The van der Waals surface area contributed by atoms with Gasteiger partial charge >= 0.3 is 0 Å². The normalized spacial score (nSPS) is 12.2. The van der Waals surface area contributed by atoms with Crippen molar-refractivity contribution in [1.29, 1.82) is 0 Å². The predicted molar refractivity (Wildman–Crippen MR) is 111 cm³/mol. The summed E-state index contributed by atoms with van der Waals surface area (Å²) in [6.45, 7) is 9.44. The van der Waals surface area contributed by atoms with Crippen LogP contribution in [0.4, 0.5) is 0 Å². The Hall–Kier alpha value is -2.91. The van der Waals surface area contributed by atoms with Crippen LogP contribution in [-0.4, -0.2) is 16.5 Å². The molecule has 2 aromatic heterocycles. The summed E-state index contributed by atoms with van der Waals surface area (Å²) < 4.78 is 0. The molecule has 3 heteroatoms. The number of hydrogen-bond acceptors (Lipinski definition) is 2. The van der Waals surface area contributed by atoms with E-state index < -0.39 is 0 Å². The minimum absolute atomic E-state index is 0.749. The van der Waals surface area contributed by atoms with E-state index in [-0.39, 0.29) is 0 Å². The summed E-state index contributed by atoms with van der Waals surface area (Å²) in [7, 11) is 0. The van der Waals surface area contributed by atoms with Crippen molar-refractivity contribution in [3.05, 3.63) is 90.3 Å². The van der Waals surface area contributed by atoms with Gasteiger partial charge in [-0.15, -0.1) is 0 Å². The van der Waals surface area contributed by atoms with E-state index in [1.54, 1.807) is 6.08 Å². The lowest BCUT2D eigenvalue weighted by atomic mass is 10.0. The molecule has 132 valence electrons. The second-order valence-corrected chi connectivity index (χ2v) is 6.31. The lowest BCUT2D eigenvalue weighted by molar-refractivity contribution is 0.734. The van der Waals surface area contributed by atoms with Crippen LogP contribution in [0.2, 0.25) is 0 Å². The first-order valence-corrected chi connectivity index (χ1v) is 8.90. The van der Waals surface area contributed by atoms with Gasteiger partial charge in [-0.3, -0.25) is 0 Å². The number of benzene rings is 1. The lowest BCUT2D eigenvalue weighted by Crippen LogP contribution is -2.16. The largest absolute Gasteiger partial charge is 0.342 e. The Kier molecular flexibility index (Phi) is 5.82. The number of hydrogen-bond donors (Lipinski definition) is 2. The minimum atomic E-state index is 0.749. The monoisotopic (exact) mass is 343 g/mol. The number of H-pyrrole nitrogens is 1. The standard InChI is InChI=1S/C23H25N3/c1-4-6-8-18(5-2)15-24-16-21-22(19-12-10-17(3)11-13-19)20-9-7-14-25-23(20)26-21/h4-14,24H,1,15-16H2,2-3H3,(H,25,26)/b8-6-,18-5+. The summed E-state index contributed by atoms with van der Waals surface area (Å²) in [4.78, 5) is 7.97. The van der Waals surface area contributed by atoms with Crippen LogP contribution in [0.5, 0.6) is 0 Å². The number of allylic oxidation sites excluding steroid dienone is 3. The van der Waals surface area contributed by atoms with E-state index in [1.165, 1.54) is 22.3 Å². The Labute approximate surface area is 155 Å². The zero-order valence-corrected chi connectivity index (χ0v) is 15.4. The third kappa shape index (κ3) is 4.01. The van der Waals surface area contributed by atoms with Gasteiger partial charge in [0.25, 0.3) is 0 Å². The number of pyridine rings is 1. The van der Waals surface area contributed by atoms with Crippen LogP contribution in [0, 0.1) is 6.92 Å². The van der Waals surface area contributed by atoms with Crippen LogP contribution >= 0.6 is 0 Å². The summed E-state index contributed by atoms with van der Waals surface area (Å²) in [5, 5.41) is 4.69. The van der Waals surface area contributed by atoms with Gasteiger partial charge in [0.15, 0.2) is 0 Å². The molecule has 0 bridgehead atoms. The second-order valence-electron chi connectivity index (χ2n) is 6.31. The highest BCUT2D eigenvalue weighted by Gasteiger charge is 2.13. The van der Waals surface area contributed by atoms with Crippen LogP contribution in [0.1, 0.15) is 18.2 Å². The van der Waals surface area contributed by atoms with Crippen molar-refractivity contribution >= 4 is 11.0 Å². The van der Waals surface area contributed by atoms with Crippen molar-refractivity contribution in [2.24, 2.45) is 0 Å². The first-order chi connectivity index (χ1) is 12.7. The maximum atomic E-state index is 4.49. The van der Waals surface area contributed by atoms with E-state index in [9.17, 15) is 0 Å². The van der Waals surface area contributed by atoms with Crippen molar-refractivity contribution in [3.8, 4) is 11.1 Å². The molecule has 0 aliphatic carbocycles. The van der Waals surface area contributed by atoms with Crippen molar-refractivity contribution in [2.75, 3.05) is 6.54 Å². The fraction of sp³-hybridized carbons (Fsp3) is 0.174. The number of aromatic amines is 1. The minimum Gasteiger partial charge on any atom is -0.342 e. The van der Waals surface area contributed by atoms with Crippen molar-refractivity contribution in [3.63, 3.8) is 0 Å². The van der Waals surface area contributed by atoms with Gasteiger partial charge < -0.3 is 10.3 Å². The van der Waals surface area contributed by atoms with Gasteiger partial charge in [0.2, 0.25) is 0 Å². The molecule has 0 atom stereocenters. The molecular formula is C23H25N3. The fourth-order valence-corrected chi connectivity index (χ4v) is 3.04. The van der Waals surface area contributed by atoms with E-state index >= 15 is 0 Å². The van der Waals surface area contributed by atoms with Crippen LogP contribution in [-0.2, 0) is 6.54 Å². The van der Waals surface area contributed by atoms with Crippen molar-refractivity contribution in [2.45, 2.75) is 20.4 Å². The Morgan fingerprint density at radius 2 is 2.04 bits per heavy atom. The van der Waals surface area contributed by atoms with Gasteiger partial charge in [-0.25, -0.2) is 4.98 Å². The molecule has 3 rings (SSSR count). The van der Waals surface area contributed by atoms with E-state index in [1.807, 2.05) is 18.3 Å². The summed E-state index contributed by atoms with van der Waals surface area (Å²) in [6.07, 6.45) is 9.77. The third-order valence-electron chi connectivity index (χ3n) is 4.44. The molecule has 0 saturated heterocycles. The van der Waals surface area contributed by atoms with E-state index in [4.69, 9.17) is 0 Å². The molecule has 0 unspecified atom stereocenters. The zero-order valence-electron chi connectivity index (χ0n) is 15.4. The molecular weight excluding hydrogens is 318 g/mol. The molecule has 1 aromatic carbocycles. The molecule has 2 heterocycles. The number of nitrogens with zero attached hydrogens (tertiary/aromatic N) is 1. The first-order valence-electron chi connectivity index (χ1n) is 8.90. The molecule has 2 N–H and O–H groups in total. The van der Waals surface area contributed by atoms with E-state index in [2.05, 4.69) is 78.2 Å². The number of aromatic nitrogens is 2. The second kappa shape index (κ2) is 8.45. The Morgan fingerprint density at radius 3 is 2.77 bits per heavy atom. The van der Waals surface area contributed by atoms with Gasteiger partial charge in [0.1, 0.15) is 5.65 Å². The zero-order chi connectivity index (χ0) is 18.4. The number of aryl methyl sites for hydroxylation is 1. The highest BCUT2D eigenvalue weighted by molar-refractivity contribution is 5.95. The predicted octanol–water partition coefficient (Wildman–Crippen LogP) is 5.32. The molecule has 0 aliphatic rings. The Bertz CT molecular complexity index is 943. The Balaban J connectivity index is 1.88. The van der Waals surface area contributed by atoms with Gasteiger partial charge in [-0.2, -0.15) is 0 Å². The Morgan fingerprint density at radius 1 is 1.23 bits per heavy atom. The van der Waals surface area contributed by atoms with Gasteiger partial charge in [0, 0.05) is 35.9 Å². The average Bonchev–Trinajstić information content (AvgIpc) is 3.03. The summed E-state index contributed by atoms with van der Waals surface area (Å²) >= 11 is 0. The quantitative estimate of drug-likeness (QED) is 0.570. The number of fused-ring (bicyclic) bond motifs is 1. The number of nitrogens with one attached hydrogen (secondary N) is 2. The SMILES string of the molecule is C=C/C=C\C(=C/C)CNCc1[nH]c2ncccc2c1-c1ccc(C)cc1. The van der Waals surface area contributed by atoms with Crippen LogP contribution in [0.15, 0.2) is 79.1 Å². The highest BCUT2D eigenvalue weighted by atomic mass is 14.9. The molecule has 3 aromatic rings. The topological polar surface area (TPSA) is 40.7 Å². The molecule has 26 heavy (non-hydrogen) atoms. The fourth-order valence-electron chi connectivity index (χ4n) is 3.04. The maximum Gasteiger partial charge on any atom is 0.138 e. The molecule has 0 saturated carbocycles. The molecule has 0 amide bonds. The first kappa shape index (κ1) is 17.9. The van der Waals surface area contributed by atoms with Crippen molar-refractivity contribution in [1.82, 2.24) is 15.3 Å². The average molecular weight is 343 g/mol. The maximum absolute atomic E-state index is 4.49. The summed E-state index contributed by atoms with van der Waals surface area (Å²) in [6, 6.07) is 12.8. The summed E-state index contributed by atoms with van der Waals surface area (Å²) in [5.41, 5.74) is 7.02. The van der Waals surface area contributed by atoms with E-state index in [0.29, 0.717) is 0 Å². The summed E-state index contributed by atoms with van der Waals surface area (Å²) in [5.74, 6) is 0. The molecule has 0 spiro atoms. The molecule has 0 aliphatic heterocycles. The van der Waals surface area contributed by atoms with Crippen LogP contribution in [0.25, 0.3) is 22.2 Å². The van der Waals surface area contributed by atoms with Gasteiger partial charge in [0.05, 0.1) is 0 Å². The molecule has 0 fully saturated rings. The lowest BCUT2D eigenvalue weighted by Gasteiger charge is -2.08. The van der Waals surface area contributed by atoms with Gasteiger partial charge in [-0.05, 0) is 37.1 Å². The van der Waals surface area contributed by atoms with Gasteiger partial charge in [-0.1, -0.05) is 60.7 Å². The number of rotatable bonds is 7. The van der Waals surface area contributed by atoms with Crippen LogP contribution in [0.3, 0.4) is 0 Å². The third-order valence-corrected chi connectivity index (χ3v) is 4.44. The van der Waals surface area contributed by atoms with Crippen LogP contribution < -0.4 is 5.32 Å².